The Bertz CT molecular complexity index is 291. The molecule has 0 heterocycles. The largest absolute Gasteiger partial charge is 0.0674 e. The summed E-state index contributed by atoms with van der Waals surface area (Å²) in [5.74, 6) is 1.44. The maximum Gasteiger partial charge on any atom is -0.00881 e. The fourth-order valence-electron chi connectivity index (χ4n) is 4.18. The molecule has 0 radical (unpaired) electrons. The van der Waals surface area contributed by atoms with Crippen molar-refractivity contribution >= 4 is 0 Å². The molecule has 0 spiro atoms. The first kappa shape index (κ1) is 20.7. The lowest BCUT2D eigenvalue weighted by molar-refractivity contribution is 0.266. The second-order valence-electron chi connectivity index (χ2n) is 7.24. The predicted molar refractivity (Wildman–Crippen MR) is 98.8 cm³/mol. The second-order valence-corrected chi connectivity index (χ2v) is 7.24. The summed E-state index contributed by atoms with van der Waals surface area (Å²) in [6.45, 7) is 19.2. The molecule has 0 aromatic rings. The van der Waals surface area contributed by atoms with Gasteiger partial charge in [-0.2, -0.15) is 0 Å². The standard InChI is InChI=1S/C21H42/c1-9-14-15-19(18(8)11-3)20(17(6)7)21(12-4,13-5)16-10-2/h17-18H,9-16H2,1-8H3. The van der Waals surface area contributed by atoms with Crippen LogP contribution >= 0.6 is 0 Å². The van der Waals surface area contributed by atoms with Crippen LogP contribution in [0, 0.1) is 17.3 Å². The predicted octanol–water partition coefficient (Wildman–Crippen LogP) is 7.78. The molecule has 0 aromatic heterocycles. The van der Waals surface area contributed by atoms with Crippen molar-refractivity contribution in [3.63, 3.8) is 0 Å². The van der Waals surface area contributed by atoms with Crippen LogP contribution in [-0.4, -0.2) is 0 Å². The molecule has 1 unspecified atom stereocenters. The second kappa shape index (κ2) is 10.5. The third kappa shape index (κ3) is 5.46. The average Bonchev–Trinajstić information content (AvgIpc) is 2.48. The molecule has 0 bridgehead atoms. The van der Waals surface area contributed by atoms with Gasteiger partial charge < -0.3 is 0 Å². The van der Waals surface area contributed by atoms with Crippen molar-refractivity contribution in [1.82, 2.24) is 0 Å². The van der Waals surface area contributed by atoms with Gasteiger partial charge in [-0.15, -0.1) is 0 Å². The maximum absolute atomic E-state index is 2.45. The number of allylic oxidation sites excluding steroid dienone is 2. The van der Waals surface area contributed by atoms with Crippen LogP contribution in [0.5, 0.6) is 0 Å². The molecule has 0 fully saturated rings. The summed E-state index contributed by atoms with van der Waals surface area (Å²) >= 11 is 0. The molecule has 126 valence electrons. The molecule has 0 saturated carbocycles. The molecule has 0 nitrogen and oxygen atoms in total. The molecule has 1 atom stereocenters. The molecular formula is C21H42. The van der Waals surface area contributed by atoms with Gasteiger partial charge in [-0.25, -0.2) is 0 Å². The first-order valence-corrected chi connectivity index (χ1v) is 9.67. The van der Waals surface area contributed by atoms with E-state index in [2.05, 4.69) is 55.4 Å². The summed E-state index contributed by atoms with van der Waals surface area (Å²) in [7, 11) is 0. The molecule has 0 saturated heterocycles. The van der Waals surface area contributed by atoms with E-state index in [-0.39, 0.29) is 0 Å². The zero-order valence-electron chi connectivity index (χ0n) is 16.3. The molecule has 0 aliphatic rings. The van der Waals surface area contributed by atoms with E-state index in [0.29, 0.717) is 11.3 Å². The first-order valence-electron chi connectivity index (χ1n) is 9.67. The smallest absolute Gasteiger partial charge is 0.00881 e. The van der Waals surface area contributed by atoms with Gasteiger partial charge in [0, 0.05) is 0 Å². The Kier molecular flexibility index (Phi) is 10.3. The van der Waals surface area contributed by atoms with Gasteiger partial charge in [-0.3, -0.25) is 0 Å². The van der Waals surface area contributed by atoms with Crippen LogP contribution in [0.1, 0.15) is 107 Å². The summed E-state index contributed by atoms with van der Waals surface area (Å²) in [5.41, 5.74) is 4.10. The van der Waals surface area contributed by atoms with E-state index in [1.807, 2.05) is 11.1 Å². The van der Waals surface area contributed by atoms with Crippen LogP contribution in [0.15, 0.2) is 11.1 Å². The summed E-state index contributed by atoms with van der Waals surface area (Å²) in [6, 6.07) is 0. The topological polar surface area (TPSA) is 0 Å². The average molecular weight is 295 g/mol. The Morgan fingerprint density at radius 1 is 0.857 bits per heavy atom. The van der Waals surface area contributed by atoms with Gasteiger partial charge >= 0.3 is 0 Å². The van der Waals surface area contributed by atoms with E-state index in [0.717, 1.165) is 5.92 Å². The zero-order chi connectivity index (χ0) is 16.5. The maximum atomic E-state index is 2.45. The van der Waals surface area contributed by atoms with Gasteiger partial charge in [-0.05, 0) is 55.8 Å². The lowest BCUT2D eigenvalue weighted by atomic mass is 9.65. The molecular weight excluding hydrogens is 252 g/mol. The summed E-state index contributed by atoms with van der Waals surface area (Å²) < 4.78 is 0. The monoisotopic (exact) mass is 294 g/mol. The fraction of sp³-hybridized carbons (Fsp3) is 0.905. The van der Waals surface area contributed by atoms with E-state index in [4.69, 9.17) is 0 Å². The highest BCUT2D eigenvalue weighted by atomic mass is 14.4. The summed E-state index contributed by atoms with van der Waals surface area (Å²) in [4.78, 5) is 0. The molecule has 0 aliphatic carbocycles. The van der Waals surface area contributed by atoms with Crippen LogP contribution in [0.25, 0.3) is 0 Å². The lowest BCUT2D eigenvalue weighted by Gasteiger charge is -2.40. The molecule has 0 heteroatoms. The van der Waals surface area contributed by atoms with Crippen molar-refractivity contribution < 1.29 is 0 Å². The van der Waals surface area contributed by atoms with Gasteiger partial charge in [-0.1, -0.05) is 79.4 Å². The molecule has 0 N–H and O–H groups in total. The third-order valence-corrected chi connectivity index (χ3v) is 5.58. The minimum absolute atomic E-state index is 0.454. The molecule has 0 aromatic carbocycles. The van der Waals surface area contributed by atoms with E-state index in [9.17, 15) is 0 Å². The first-order chi connectivity index (χ1) is 9.93. The lowest BCUT2D eigenvalue weighted by Crippen LogP contribution is -2.28. The van der Waals surface area contributed by atoms with Gasteiger partial charge in [0.15, 0.2) is 0 Å². The van der Waals surface area contributed by atoms with Crippen molar-refractivity contribution in [2.24, 2.45) is 17.3 Å². The van der Waals surface area contributed by atoms with E-state index in [1.165, 1.54) is 51.4 Å². The summed E-state index contributed by atoms with van der Waals surface area (Å²) in [5, 5.41) is 0. The minimum Gasteiger partial charge on any atom is -0.0674 e. The van der Waals surface area contributed by atoms with E-state index < -0.39 is 0 Å². The van der Waals surface area contributed by atoms with Crippen molar-refractivity contribution in [1.29, 1.82) is 0 Å². The molecule has 0 amide bonds. The van der Waals surface area contributed by atoms with Crippen LogP contribution < -0.4 is 0 Å². The highest BCUT2D eigenvalue weighted by molar-refractivity contribution is 5.26. The van der Waals surface area contributed by atoms with Crippen LogP contribution in [0.4, 0.5) is 0 Å². The van der Waals surface area contributed by atoms with Crippen molar-refractivity contribution in [3.05, 3.63) is 11.1 Å². The minimum atomic E-state index is 0.454. The number of unbranched alkanes of at least 4 members (excludes halogenated alkanes) is 1. The highest BCUT2D eigenvalue weighted by Crippen LogP contribution is 2.47. The van der Waals surface area contributed by atoms with Crippen LogP contribution in [0.3, 0.4) is 0 Å². The molecule has 21 heavy (non-hydrogen) atoms. The Morgan fingerprint density at radius 2 is 1.43 bits per heavy atom. The van der Waals surface area contributed by atoms with Crippen molar-refractivity contribution in [2.75, 3.05) is 0 Å². The normalized spacial score (nSPS) is 15.3. The Labute approximate surface area is 135 Å². The van der Waals surface area contributed by atoms with E-state index in [1.54, 1.807) is 0 Å². The zero-order valence-corrected chi connectivity index (χ0v) is 16.3. The van der Waals surface area contributed by atoms with E-state index >= 15 is 0 Å². The quantitative estimate of drug-likeness (QED) is 0.341. The van der Waals surface area contributed by atoms with Crippen molar-refractivity contribution in [3.8, 4) is 0 Å². The number of hydrogen-bond donors (Lipinski definition) is 0. The Hall–Kier alpha value is -0.260. The van der Waals surface area contributed by atoms with Crippen LogP contribution in [0.2, 0.25) is 0 Å². The Balaban J connectivity index is 5.97. The van der Waals surface area contributed by atoms with Gasteiger partial charge in [0.1, 0.15) is 0 Å². The molecule has 0 rings (SSSR count). The highest BCUT2D eigenvalue weighted by Gasteiger charge is 2.34. The fourth-order valence-corrected chi connectivity index (χ4v) is 4.18. The van der Waals surface area contributed by atoms with Gasteiger partial charge in [0.25, 0.3) is 0 Å². The number of rotatable bonds is 11. The van der Waals surface area contributed by atoms with Gasteiger partial charge in [0.2, 0.25) is 0 Å². The van der Waals surface area contributed by atoms with Gasteiger partial charge in [0.05, 0.1) is 0 Å². The number of hydrogen-bond acceptors (Lipinski definition) is 0. The summed E-state index contributed by atoms with van der Waals surface area (Å²) in [6.07, 6.45) is 10.5. The SMILES string of the molecule is CCCCC(=C(C(C)C)C(CC)(CC)CCC)C(C)CC. The Morgan fingerprint density at radius 3 is 1.76 bits per heavy atom. The van der Waals surface area contributed by atoms with Crippen molar-refractivity contribution in [2.45, 2.75) is 107 Å². The van der Waals surface area contributed by atoms with Crippen LogP contribution in [-0.2, 0) is 0 Å². The molecule has 0 aliphatic heterocycles. The third-order valence-electron chi connectivity index (χ3n) is 5.58.